The average Bonchev–Trinajstić information content (AvgIpc) is 2.96. The van der Waals surface area contributed by atoms with E-state index in [2.05, 4.69) is 16.8 Å². The summed E-state index contributed by atoms with van der Waals surface area (Å²) in [4.78, 5) is 7.01. The van der Waals surface area contributed by atoms with Gasteiger partial charge in [0.2, 0.25) is 5.89 Å². The Balaban J connectivity index is 1.65. The van der Waals surface area contributed by atoms with Gasteiger partial charge in [-0.15, -0.1) is 0 Å². The third kappa shape index (κ3) is 3.69. The Kier molecular flexibility index (Phi) is 4.81. The Labute approximate surface area is 136 Å². The van der Waals surface area contributed by atoms with Gasteiger partial charge in [-0.1, -0.05) is 11.6 Å². The number of hydrogen-bond acceptors (Lipinski definition) is 4. The van der Waals surface area contributed by atoms with Crippen LogP contribution in [-0.4, -0.2) is 29.0 Å². The second-order valence-electron chi connectivity index (χ2n) is 6.15. The van der Waals surface area contributed by atoms with E-state index in [0.29, 0.717) is 16.8 Å². The van der Waals surface area contributed by atoms with Crippen LogP contribution < -0.4 is 5.73 Å². The molecular formula is C17H22ClN3O. The summed E-state index contributed by atoms with van der Waals surface area (Å²) < 4.78 is 5.60. The molecule has 1 aliphatic rings. The zero-order valence-corrected chi connectivity index (χ0v) is 13.6. The van der Waals surface area contributed by atoms with Gasteiger partial charge in [0.1, 0.15) is 6.26 Å². The van der Waals surface area contributed by atoms with Crippen molar-refractivity contribution in [2.75, 3.05) is 13.1 Å². The molecule has 0 saturated carbocycles. The molecule has 0 aliphatic carbocycles. The zero-order chi connectivity index (χ0) is 15.5. The maximum Gasteiger partial charge on any atom is 0.226 e. The average molecular weight is 320 g/mol. The normalized spacial score (nSPS) is 21.0. The SMILES string of the molecule is CC(N)C1CCCN(Cc2coc(-c3ccc(Cl)cc3)n2)C1. The molecule has 0 amide bonds. The van der Waals surface area contributed by atoms with Crippen LogP contribution in [0.3, 0.4) is 0 Å². The molecule has 3 rings (SSSR count). The Morgan fingerprint density at radius 1 is 1.41 bits per heavy atom. The van der Waals surface area contributed by atoms with Gasteiger partial charge in [-0.05, 0) is 56.5 Å². The number of benzene rings is 1. The molecule has 0 radical (unpaired) electrons. The molecule has 22 heavy (non-hydrogen) atoms. The number of likely N-dealkylation sites (tertiary alicyclic amines) is 1. The minimum absolute atomic E-state index is 0.254. The molecule has 1 aromatic heterocycles. The lowest BCUT2D eigenvalue weighted by atomic mass is 9.92. The van der Waals surface area contributed by atoms with E-state index in [1.165, 1.54) is 12.8 Å². The maximum atomic E-state index is 6.04. The van der Waals surface area contributed by atoms with Crippen LogP contribution in [0.5, 0.6) is 0 Å². The Morgan fingerprint density at radius 3 is 2.91 bits per heavy atom. The first-order valence-corrected chi connectivity index (χ1v) is 8.18. The Bertz CT molecular complexity index is 609. The molecule has 1 fully saturated rings. The monoisotopic (exact) mass is 319 g/mol. The van der Waals surface area contributed by atoms with E-state index in [9.17, 15) is 0 Å². The molecule has 4 nitrogen and oxygen atoms in total. The van der Waals surface area contributed by atoms with Gasteiger partial charge >= 0.3 is 0 Å². The molecule has 2 aromatic rings. The Hall–Kier alpha value is -1.36. The van der Waals surface area contributed by atoms with Crippen molar-refractivity contribution in [3.63, 3.8) is 0 Å². The smallest absolute Gasteiger partial charge is 0.226 e. The van der Waals surface area contributed by atoms with Crippen LogP contribution in [0.15, 0.2) is 34.9 Å². The fraction of sp³-hybridized carbons (Fsp3) is 0.471. The van der Waals surface area contributed by atoms with Crippen LogP contribution in [0, 0.1) is 5.92 Å². The predicted molar refractivity (Wildman–Crippen MR) is 88.6 cm³/mol. The standard InChI is InChI=1S/C17H22ClN3O/c1-12(19)14-3-2-8-21(9-14)10-16-11-22-17(20-16)13-4-6-15(18)7-5-13/h4-7,11-12,14H,2-3,8-10,19H2,1H3. The number of hydrogen-bond donors (Lipinski definition) is 1. The molecule has 1 aliphatic heterocycles. The van der Waals surface area contributed by atoms with Gasteiger partial charge in [0, 0.05) is 29.7 Å². The lowest BCUT2D eigenvalue weighted by molar-refractivity contribution is 0.153. The molecule has 2 heterocycles. The summed E-state index contributed by atoms with van der Waals surface area (Å²) in [5.41, 5.74) is 7.96. The van der Waals surface area contributed by atoms with E-state index in [1.54, 1.807) is 6.26 Å². The van der Waals surface area contributed by atoms with Crippen LogP contribution in [-0.2, 0) is 6.54 Å². The minimum Gasteiger partial charge on any atom is -0.444 e. The third-order valence-corrected chi connectivity index (χ3v) is 4.57. The fourth-order valence-corrected chi connectivity index (χ4v) is 3.12. The van der Waals surface area contributed by atoms with Crippen LogP contribution in [0.4, 0.5) is 0 Å². The lowest BCUT2D eigenvalue weighted by Gasteiger charge is -2.34. The van der Waals surface area contributed by atoms with Gasteiger partial charge in [0.05, 0.1) is 5.69 Å². The molecule has 0 bridgehead atoms. The van der Waals surface area contributed by atoms with Crippen molar-refractivity contribution in [2.24, 2.45) is 11.7 Å². The molecule has 2 atom stereocenters. The third-order valence-electron chi connectivity index (χ3n) is 4.31. The number of nitrogens with two attached hydrogens (primary N) is 1. The topological polar surface area (TPSA) is 55.3 Å². The van der Waals surface area contributed by atoms with E-state index >= 15 is 0 Å². The highest BCUT2D eigenvalue weighted by atomic mass is 35.5. The number of rotatable bonds is 4. The van der Waals surface area contributed by atoms with E-state index in [1.807, 2.05) is 24.3 Å². The number of oxazole rings is 1. The van der Waals surface area contributed by atoms with E-state index in [4.69, 9.17) is 21.8 Å². The first kappa shape index (κ1) is 15.5. The summed E-state index contributed by atoms with van der Waals surface area (Å²) in [5.74, 6) is 1.23. The number of nitrogens with zero attached hydrogens (tertiary/aromatic N) is 2. The van der Waals surface area contributed by atoms with E-state index < -0.39 is 0 Å². The second kappa shape index (κ2) is 6.82. The van der Waals surface area contributed by atoms with Crippen molar-refractivity contribution in [3.05, 3.63) is 41.2 Å². The molecular weight excluding hydrogens is 298 g/mol. The molecule has 5 heteroatoms. The predicted octanol–water partition coefficient (Wildman–Crippen LogP) is 3.55. The minimum atomic E-state index is 0.254. The van der Waals surface area contributed by atoms with Crippen molar-refractivity contribution in [1.82, 2.24) is 9.88 Å². The van der Waals surface area contributed by atoms with Gasteiger partial charge in [-0.2, -0.15) is 0 Å². The molecule has 118 valence electrons. The summed E-state index contributed by atoms with van der Waals surface area (Å²) in [6.07, 6.45) is 4.18. The highest BCUT2D eigenvalue weighted by Crippen LogP contribution is 2.23. The van der Waals surface area contributed by atoms with Crippen molar-refractivity contribution in [2.45, 2.75) is 32.4 Å². The molecule has 2 N–H and O–H groups in total. The quantitative estimate of drug-likeness (QED) is 0.936. The van der Waals surface area contributed by atoms with E-state index in [0.717, 1.165) is 30.9 Å². The second-order valence-corrected chi connectivity index (χ2v) is 6.58. The summed E-state index contributed by atoms with van der Waals surface area (Å²) in [7, 11) is 0. The van der Waals surface area contributed by atoms with Gasteiger partial charge in [0.15, 0.2) is 0 Å². The van der Waals surface area contributed by atoms with Gasteiger partial charge in [0.25, 0.3) is 0 Å². The molecule has 0 spiro atoms. The van der Waals surface area contributed by atoms with Crippen molar-refractivity contribution in [1.29, 1.82) is 0 Å². The molecule has 2 unspecified atom stereocenters. The first-order valence-electron chi connectivity index (χ1n) is 7.80. The number of piperidine rings is 1. The van der Waals surface area contributed by atoms with Crippen molar-refractivity contribution >= 4 is 11.6 Å². The van der Waals surface area contributed by atoms with Crippen LogP contribution >= 0.6 is 11.6 Å². The van der Waals surface area contributed by atoms with Gasteiger partial charge < -0.3 is 10.2 Å². The Morgan fingerprint density at radius 2 is 2.18 bits per heavy atom. The van der Waals surface area contributed by atoms with Crippen LogP contribution in [0.1, 0.15) is 25.5 Å². The van der Waals surface area contributed by atoms with Crippen molar-refractivity contribution < 1.29 is 4.42 Å². The first-order chi connectivity index (χ1) is 10.6. The summed E-state index contributed by atoms with van der Waals surface area (Å²) in [6.45, 7) is 5.07. The van der Waals surface area contributed by atoms with Crippen molar-refractivity contribution in [3.8, 4) is 11.5 Å². The van der Waals surface area contributed by atoms with Gasteiger partial charge in [-0.3, -0.25) is 4.90 Å². The summed E-state index contributed by atoms with van der Waals surface area (Å²) >= 11 is 5.90. The number of halogens is 1. The lowest BCUT2D eigenvalue weighted by Crippen LogP contribution is -2.41. The summed E-state index contributed by atoms with van der Waals surface area (Å²) in [6, 6.07) is 7.79. The molecule has 1 aromatic carbocycles. The highest BCUT2D eigenvalue weighted by molar-refractivity contribution is 6.30. The van der Waals surface area contributed by atoms with E-state index in [-0.39, 0.29) is 6.04 Å². The zero-order valence-electron chi connectivity index (χ0n) is 12.8. The molecule has 1 saturated heterocycles. The summed E-state index contributed by atoms with van der Waals surface area (Å²) in [5, 5.41) is 0.714. The van der Waals surface area contributed by atoms with Crippen LogP contribution in [0.25, 0.3) is 11.5 Å². The van der Waals surface area contributed by atoms with Crippen LogP contribution in [0.2, 0.25) is 5.02 Å². The maximum absolute atomic E-state index is 6.04. The number of aromatic nitrogens is 1. The van der Waals surface area contributed by atoms with Gasteiger partial charge in [-0.25, -0.2) is 4.98 Å². The largest absolute Gasteiger partial charge is 0.444 e. The highest BCUT2D eigenvalue weighted by Gasteiger charge is 2.23. The fourth-order valence-electron chi connectivity index (χ4n) is 3.00.